The molecule has 0 aliphatic carbocycles. The van der Waals surface area contributed by atoms with Gasteiger partial charge in [0.05, 0.1) is 7.11 Å². The summed E-state index contributed by atoms with van der Waals surface area (Å²) in [6.07, 6.45) is 2.12. The van der Waals surface area contributed by atoms with Crippen LogP contribution in [0, 0.1) is 5.92 Å². The smallest absolute Gasteiger partial charge is 0.124 e. The van der Waals surface area contributed by atoms with Crippen molar-refractivity contribution in [2.75, 3.05) is 26.1 Å². The molecule has 1 aromatic rings. The highest BCUT2D eigenvalue weighted by Gasteiger charge is 2.33. The van der Waals surface area contributed by atoms with E-state index in [4.69, 9.17) is 9.73 Å². The normalized spacial score (nSPS) is 21.3. The van der Waals surface area contributed by atoms with Crippen LogP contribution in [0.15, 0.2) is 34.5 Å². The number of aliphatic imine (C=N–C) groups is 1. The minimum Gasteiger partial charge on any atom is -0.496 e. The second kappa shape index (κ2) is 7.20. The summed E-state index contributed by atoms with van der Waals surface area (Å²) < 4.78 is 5.76. The third-order valence-corrected chi connectivity index (χ3v) is 5.01. The van der Waals surface area contributed by atoms with Crippen LogP contribution in [-0.4, -0.2) is 26.9 Å². The zero-order valence-electron chi connectivity index (χ0n) is 15.6. The summed E-state index contributed by atoms with van der Waals surface area (Å²) >= 11 is 0. The molecule has 0 spiro atoms. The predicted molar refractivity (Wildman–Crippen MR) is 99.9 cm³/mol. The summed E-state index contributed by atoms with van der Waals surface area (Å²) in [6.45, 7) is 8.79. The van der Waals surface area contributed by atoms with Crippen molar-refractivity contribution < 1.29 is 4.74 Å². The van der Waals surface area contributed by atoms with Crippen molar-refractivity contribution in [2.24, 2.45) is 10.9 Å². The molecule has 3 nitrogen and oxygen atoms in total. The third kappa shape index (κ3) is 3.29. The molecule has 0 saturated carbocycles. The van der Waals surface area contributed by atoms with Crippen LogP contribution in [0.2, 0.25) is 0 Å². The monoisotopic (exact) mass is 314 g/mol. The molecule has 0 saturated heterocycles. The van der Waals surface area contributed by atoms with Crippen molar-refractivity contribution in [1.82, 2.24) is 0 Å². The Bertz CT molecular complexity index is 629. The molecule has 0 aromatic heterocycles. The van der Waals surface area contributed by atoms with Crippen LogP contribution in [0.3, 0.4) is 0 Å². The summed E-state index contributed by atoms with van der Waals surface area (Å²) in [4.78, 5) is 6.92. The lowest BCUT2D eigenvalue weighted by Crippen LogP contribution is -2.26. The molecular weight excluding hydrogens is 284 g/mol. The fourth-order valence-corrected chi connectivity index (χ4v) is 3.77. The van der Waals surface area contributed by atoms with Gasteiger partial charge in [-0.25, -0.2) is 0 Å². The van der Waals surface area contributed by atoms with Crippen molar-refractivity contribution in [3.63, 3.8) is 0 Å². The van der Waals surface area contributed by atoms with Gasteiger partial charge in [-0.05, 0) is 38.3 Å². The van der Waals surface area contributed by atoms with Crippen molar-refractivity contribution in [3.8, 4) is 5.75 Å². The molecule has 2 unspecified atom stereocenters. The summed E-state index contributed by atoms with van der Waals surface area (Å²) in [5, 5.41) is 0. The fraction of sp³-hybridized carbons (Fsp3) is 0.550. The molecule has 0 N–H and O–H groups in total. The van der Waals surface area contributed by atoms with Crippen molar-refractivity contribution in [2.45, 2.75) is 46.5 Å². The van der Waals surface area contributed by atoms with E-state index in [2.05, 4.69) is 64.9 Å². The van der Waals surface area contributed by atoms with Crippen LogP contribution in [0.1, 0.15) is 52.0 Å². The van der Waals surface area contributed by atoms with E-state index in [0.717, 1.165) is 18.6 Å². The predicted octanol–water partition coefficient (Wildman–Crippen LogP) is 5.03. The Morgan fingerprint density at radius 1 is 1.17 bits per heavy atom. The van der Waals surface area contributed by atoms with Gasteiger partial charge >= 0.3 is 0 Å². The molecule has 0 bridgehead atoms. The van der Waals surface area contributed by atoms with Gasteiger partial charge < -0.3 is 9.64 Å². The Labute approximate surface area is 141 Å². The second-order valence-electron chi connectivity index (χ2n) is 6.53. The molecule has 2 rings (SSSR count). The van der Waals surface area contributed by atoms with Crippen LogP contribution >= 0.6 is 0 Å². The van der Waals surface area contributed by atoms with Crippen molar-refractivity contribution in [3.05, 3.63) is 35.0 Å². The first-order valence-electron chi connectivity index (χ1n) is 8.54. The Hall–Kier alpha value is -1.77. The number of anilines is 1. The quantitative estimate of drug-likeness (QED) is 0.761. The molecule has 126 valence electrons. The Morgan fingerprint density at radius 2 is 1.87 bits per heavy atom. The maximum Gasteiger partial charge on any atom is 0.124 e. The molecule has 1 aliphatic heterocycles. The zero-order chi connectivity index (χ0) is 17.1. The molecule has 23 heavy (non-hydrogen) atoms. The maximum absolute atomic E-state index is 5.76. The lowest BCUT2D eigenvalue weighted by atomic mass is 9.73. The van der Waals surface area contributed by atoms with Crippen molar-refractivity contribution >= 4 is 11.4 Å². The third-order valence-electron chi connectivity index (χ3n) is 5.01. The van der Waals surface area contributed by atoms with E-state index in [-0.39, 0.29) is 0 Å². The molecule has 2 atom stereocenters. The molecule has 3 heteroatoms. The highest BCUT2D eigenvalue weighted by molar-refractivity contribution is 5.88. The van der Waals surface area contributed by atoms with Crippen LogP contribution in [0.4, 0.5) is 5.69 Å². The van der Waals surface area contributed by atoms with Gasteiger partial charge in [-0.1, -0.05) is 19.9 Å². The molecular formula is C20H30N2O. The fourth-order valence-electron chi connectivity index (χ4n) is 3.77. The average molecular weight is 314 g/mol. The van der Waals surface area contributed by atoms with Crippen LogP contribution < -0.4 is 9.64 Å². The van der Waals surface area contributed by atoms with Gasteiger partial charge in [0, 0.05) is 54.7 Å². The largest absolute Gasteiger partial charge is 0.496 e. The molecule has 0 amide bonds. The van der Waals surface area contributed by atoms with E-state index in [1.165, 1.54) is 28.2 Å². The van der Waals surface area contributed by atoms with Gasteiger partial charge in [0.25, 0.3) is 0 Å². The molecule has 1 aliphatic rings. The molecule has 1 aromatic carbocycles. The first kappa shape index (κ1) is 17.6. The number of methoxy groups -OCH3 is 1. The summed E-state index contributed by atoms with van der Waals surface area (Å²) in [7, 11) is 5.88. The highest BCUT2D eigenvalue weighted by atomic mass is 16.5. The number of hydrogen-bond acceptors (Lipinski definition) is 3. The van der Waals surface area contributed by atoms with Crippen LogP contribution in [0.25, 0.3) is 0 Å². The lowest BCUT2D eigenvalue weighted by molar-refractivity contribution is 0.401. The SMILES string of the molecule is CCC1=C(C)N=C(C)C(CC)C1c1ccc(N(C)C)cc1OC. The zero-order valence-corrected chi connectivity index (χ0v) is 15.6. The Balaban J connectivity index is 2.59. The van der Waals surface area contributed by atoms with Gasteiger partial charge in [-0.3, -0.25) is 4.99 Å². The second-order valence-corrected chi connectivity index (χ2v) is 6.53. The number of hydrogen-bond donors (Lipinski definition) is 0. The topological polar surface area (TPSA) is 24.8 Å². The van der Waals surface area contributed by atoms with Crippen LogP contribution in [0.5, 0.6) is 5.75 Å². The minimum absolute atomic E-state index is 0.369. The summed E-state index contributed by atoms with van der Waals surface area (Å²) in [5.41, 5.74) is 6.32. The van der Waals surface area contributed by atoms with E-state index < -0.39 is 0 Å². The summed E-state index contributed by atoms with van der Waals surface area (Å²) in [5.74, 6) is 1.80. The standard InChI is InChI=1S/C20H30N2O/c1-8-16-13(3)21-14(4)17(9-2)20(16)18-11-10-15(22(5)6)12-19(18)23-7/h10-12,16,20H,8-9H2,1-7H3. The Kier molecular flexibility index (Phi) is 5.51. The van der Waals surface area contributed by atoms with E-state index in [1.807, 2.05) is 0 Å². The average Bonchev–Trinajstić information content (AvgIpc) is 2.53. The minimum atomic E-state index is 0.369. The number of allylic oxidation sites excluding steroid dienone is 2. The van der Waals surface area contributed by atoms with Gasteiger partial charge in [-0.2, -0.15) is 0 Å². The highest BCUT2D eigenvalue weighted by Crippen LogP contribution is 2.45. The Morgan fingerprint density at radius 3 is 2.39 bits per heavy atom. The van der Waals surface area contributed by atoms with E-state index in [0.29, 0.717) is 11.8 Å². The van der Waals surface area contributed by atoms with Gasteiger partial charge in [-0.15, -0.1) is 0 Å². The molecule has 0 fully saturated rings. The lowest BCUT2D eigenvalue weighted by Gasteiger charge is -2.34. The van der Waals surface area contributed by atoms with E-state index >= 15 is 0 Å². The summed E-state index contributed by atoms with van der Waals surface area (Å²) in [6, 6.07) is 6.57. The van der Waals surface area contributed by atoms with E-state index in [1.54, 1.807) is 7.11 Å². The number of benzene rings is 1. The first-order chi connectivity index (χ1) is 10.9. The van der Waals surface area contributed by atoms with Crippen LogP contribution in [-0.2, 0) is 0 Å². The number of nitrogens with zero attached hydrogens (tertiary/aromatic N) is 2. The van der Waals surface area contributed by atoms with E-state index in [9.17, 15) is 0 Å². The number of ether oxygens (including phenoxy) is 1. The maximum atomic E-state index is 5.76. The van der Waals surface area contributed by atoms with Crippen molar-refractivity contribution in [1.29, 1.82) is 0 Å². The molecule has 1 heterocycles. The molecule has 0 radical (unpaired) electrons. The number of rotatable bonds is 5. The first-order valence-corrected chi connectivity index (χ1v) is 8.54. The van der Waals surface area contributed by atoms with Gasteiger partial charge in [0.2, 0.25) is 0 Å². The van der Waals surface area contributed by atoms with Gasteiger partial charge in [0.1, 0.15) is 5.75 Å². The van der Waals surface area contributed by atoms with Gasteiger partial charge in [0.15, 0.2) is 0 Å².